The number of benzene rings is 1. The molecule has 0 saturated heterocycles. The van der Waals surface area contributed by atoms with E-state index >= 15 is 0 Å². The summed E-state index contributed by atoms with van der Waals surface area (Å²) in [5.41, 5.74) is 2.31. The third kappa shape index (κ3) is 2.74. The summed E-state index contributed by atoms with van der Waals surface area (Å²) in [5.74, 6) is 0.707. The molecule has 0 amide bonds. The van der Waals surface area contributed by atoms with Crippen molar-refractivity contribution in [3.8, 4) is 11.8 Å². The molecule has 0 bridgehead atoms. The van der Waals surface area contributed by atoms with Crippen molar-refractivity contribution in [2.24, 2.45) is 0 Å². The van der Waals surface area contributed by atoms with Crippen molar-refractivity contribution >= 4 is 28.6 Å². The second kappa shape index (κ2) is 5.74. The molecule has 1 aliphatic rings. The van der Waals surface area contributed by atoms with Crippen molar-refractivity contribution in [3.63, 3.8) is 0 Å². The van der Waals surface area contributed by atoms with Crippen LogP contribution in [0.15, 0.2) is 30.3 Å². The zero-order chi connectivity index (χ0) is 13.9. The third-order valence-corrected chi connectivity index (χ3v) is 4.67. The van der Waals surface area contributed by atoms with Gasteiger partial charge in [-0.15, -0.1) is 11.3 Å². The van der Waals surface area contributed by atoms with Crippen LogP contribution < -0.4 is 10.1 Å². The van der Waals surface area contributed by atoms with E-state index in [4.69, 9.17) is 21.6 Å². The number of nitrogens with zero attached hydrogens (tertiary/aromatic N) is 1. The Labute approximate surface area is 126 Å². The Bertz CT molecular complexity index is 662. The first-order valence-electron chi connectivity index (χ1n) is 6.41. The largest absolute Gasteiger partial charge is 0.479 e. The summed E-state index contributed by atoms with van der Waals surface area (Å²) in [4.78, 5) is 1.38. The number of halogens is 1. The average Bonchev–Trinajstić information content (AvgIpc) is 2.98. The van der Waals surface area contributed by atoms with Gasteiger partial charge in [0.15, 0.2) is 6.61 Å². The number of fused-ring (bicyclic) bond motifs is 1. The van der Waals surface area contributed by atoms with Crippen LogP contribution in [-0.4, -0.2) is 6.61 Å². The maximum absolute atomic E-state index is 8.54. The highest BCUT2D eigenvalue weighted by molar-refractivity contribution is 7.16. The molecule has 1 aromatic heterocycles. The lowest BCUT2D eigenvalue weighted by Gasteiger charge is -2.15. The summed E-state index contributed by atoms with van der Waals surface area (Å²) >= 11 is 7.74. The summed E-state index contributed by atoms with van der Waals surface area (Å²) in [6.45, 7) is 0.0666. The molecule has 1 aromatic carbocycles. The van der Waals surface area contributed by atoms with Gasteiger partial charge in [-0.1, -0.05) is 17.7 Å². The van der Waals surface area contributed by atoms with Crippen LogP contribution in [0.4, 0.5) is 5.69 Å². The fourth-order valence-corrected chi connectivity index (χ4v) is 3.83. The summed E-state index contributed by atoms with van der Waals surface area (Å²) in [7, 11) is 0. The molecule has 20 heavy (non-hydrogen) atoms. The molecule has 0 radical (unpaired) electrons. The van der Waals surface area contributed by atoms with Gasteiger partial charge in [0.1, 0.15) is 11.8 Å². The first kappa shape index (κ1) is 13.3. The third-order valence-electron chi connectivity index (χ3n) is 3.33. The molecule has 0 fully saturated rings. The number of nitrogens with one attached hydrogen (secondary N) is 1. The SMILES string of the molecule is N#CCOc1cccc(NC2CCc3sc(Cl)cc32)c1. The lowest BCUT2D eigenvalue weighted by Crippen LogP contribution is -2.06. The van der Waals surface area contributed by atoms with Crippen LogP contribution in [0.25, 0.3) is 0 Å². The lowest BCUT2D eigenvalue weighted by atomic mass is 10.1. The van der Waals surface area contributed by atoms with E-state index in [0.29, 0.717) is 11.8 Å². The number of aryl methyl sites for hydroxylation is 1. The first-order valence-corrected chi connectivity index (χ1v) is 7.60. The highest BCUT2D eigenvalue weighted by atomic mass is 35.5. The van der Waals surface area contributed by atoms with Crippen LogP contribution in [0.5, 0.6) is 5.75 Å². The van der Waals surface area contributed by atoms with E-state index in [1.807, 2.05) is 30.3 Å². The molecule has 0 saturated carbocycles. The Morgan fingerprint density at radius 2 is 2.35 bits per heavy atom. The van der Waals surface area contributed by atoms with E-state index in [0.717, 1.165) is 22.9 Å². The van der Waals surface area contributed by atoms with Gasteiger partial charge in [-0.25, -0.2) is 0 Å². The van der Waals surface area contributed by atoms with Crippen LogP contribution in [0.2, 0.25) is 4.34 Å². The highest BCUT2D eigenvalue weighted by Gasteiger charge is 2.24. The van der Waals surface area contributed by atoms with Gasteiger partial charge >= 0.3 is 0 Å². The number of ether oxygens (including phenoxy) is 1. The molecule has 0 spiro atoms. The predicted octanol–water partition coefficient (Wildman–Crippen LogP) is 4.40. The van der Waals surface area contributed by atoms with Crippen molar-refractivity contribution in [2.45, 2.75) is 18.9 Å². The standard InChI is InChI=1S/C15H13ClN2OS/c16-15-9-12-13(4-5-14(12)20-15)18-10-2-1-3-11(8-10)19-7-6-17/h1-3,8-9,13,18H,4-5,7H2. The number of hydrogen-bond donors (Lipinski definition) is 1. The molecule has 5 heteroatoms. The molecular weight excluding hydrogens is 292 g/mol. The fraction of sp³-hybridized carbons (Fsp3) is 0.267. The van der Waals surface area contributed by atoms with E-state index in [-0.39, 0.29) is 6.61 Å². The van der Waals surface area contributed by atoms with Gasteiger partial charge in [-0.2, -0.15) is 5.26 Å². The van der Waals surface area contributed by atoms with Crippen LogP contribution >= 0.6 is 22.9 Å². The molecular formula is C15H13ClN2OS. The smallest absolute Gasteiger partial charge is 0.174 e. The minimum absolute atomic E-state index is 0.0666. The first-order chi connectivity index (χ1) is 9.76. The molecule has 2 aromatic rings. The normalized spacial score (nSPS) is 16.5. The van der Waals surface area contributed by atoms with Gasteiger partial charge < -0.3 is 10.1 Å². The Balaban J connectivity index is 1.74. The van der Waals surface area contributed by atoms with Crippen molar-refractivity contribution in [3.05, 3.63) is 45.1 Å². The summed E-state index contributed by atoms with van der Waals surface area (Å²) in [6, 6.07) is 12.0. The molecule has 3 rings (SSSR count). The van der Waals surface area contributed by atoms with E-state index in [1.165, 1.54) is 10.4 Å². The van der Waals surface area contributed by atoms with E-state index in [9.17, 15) is 0 Å². The Hall–Kier alpha value is -1.70. The Morgan fingerprint density at radius 3 is 3.20 bits per heavy atom. The lowest BCUT2D eigenvalue weighted by molar-refractivity contribution is 0.368. The Morgan fingerprint density at radius 1 is 1.45 bits per heavy atom. The minimum Gasteiger partial charge on any atom is -0.479 e. The maximum atomic E-state index is 8.54. The molecule has 102 valence electrons. The van der Waals surface area contributed by atoms with E-state index in [2.05, 4.69) is 11.4 Å². The molecule has 1 heterocycles. The second-order valence-corrected chi connectivity index (χ2v) is 6.41. The molecule has 0 aliphatic heterocycles. The number of anilines is 1. The quantitative estimate of drug-likeness (QED) is 0.910. The van der Waals surface area contributed by atoms with Crippen molar-refractivity contribution in [1.29, 1.82) is 5.26 Å². The van der Waals surface area contributed by atoms with Crippen molar-refractivity contribution in [1.82, 2.24) is 0 Å². The molecule has 1 atom stereocenters. The monoisotopic (exact) mass is 304 g/mol. The number of nitriles is 1. The summed E-state index contributed by atoms with van der Waals surface area (Å²) in [6.07, 6.45) is 2.16. The number of hydrogen-bond acceptors (Lipinski definition) is 4. The zero-order valence-corrected chi connectivity index (χ0v) is 12.3. The topological polar surface area (TPSA) is 45.0 Å². The molecule has 1 N–H and O–H groups in total. The maximum Gasteiger partial charge on any atom is 0.174 e. The van der Waals surface area contributed by atoms with Gasteiger partial charge in [0.05, 0.1) is 10.4 Å². The predicted molar refractivity (Wildman–Crippen MR) is 81.6 cm³/mol. The van der Waals surface area contributed by atoms with Gasteiger partial charge in [0.2, 0.25) is 0 Å². The van der Waals surface area contributed by atoms with Gasteiger partial charge in [0.25, 0.3) is 0 Å². The van der Waals surface area contributed by atoms with Crippen molar-refractivity contribution < 1.29 is 4.74 Å². The van der Waals surface area contributed by atoms with E-state index < -0.39 is 0 Å². The Kier molecular flexibility index (Phi) is 3.81. The van der Waals surface area contributed by atoms with Crippen LogP contribution in [0, 0.1) is 11.3 Å². The summed E-state index contributed by atoms with van der Waals surface area (Å²) < 4.78 is 6.17. The fourth-order valence-electron chi connectivity index (χ4n) is 2.47. The second-order valence-electron chi connectivity index (χ2n) is 4.64. The average molecular weight is 305 g/mol. The minimum atomic E-state index is 0.0666. The van der Waals surface area contributed by atoms with Crippen molar-refractivity contribution in [2.75, 3.05) is 11.9 Å². The number of rotatable bonds is 4. The van der Waals surface area contributed by atoms with Gasteiger partial charge in [0, 0.05) is 16.6 Å². The molecule has 1 unspecified atom stereocenters. The summed E-state index contributed by atoms with van der Waals surface area (Å²) in [5, 5.41) is 12.0. The highest BCUT2D eigenvalue weighted by Crippen LogP contribution is 2.41. The van der Waals surface area contributed by atoms with Crippen LogP contribution in [-0.2, 0) is 6.42 Å². The van der Waals surface area contributed by atoms with Crippen LogP contribution in [0.3, 0.4) is 0 Å². The van der Waals surface area contributed by atoms with E-state index in [1.54, 1.807) is 11.3 Å². The van der Waals surface area contributed by atoms with Gasteiger partial charge in [-0.05, 0) is 36.6 Å². The number of thiophene rings is 1. The van der Waals surface area contributed by atoms with Crippen LogP contribution in [0.1, 0.15) is 22.9 Å². The molecule has 3 nitrogen and oxygen atoms in total. The molecule has 1 aliphatic carbocycles. The zero-order valence-electron chi connectivity index (χ0n) is 10.7. The van der Waals surface area contributed by atoms with Gasteiger partial charge in [-0.3, -0.25) is 0 Å².